The molecule has 1 aliphatic carbocycles. The van der Waals surface area contributed by atoms with Gasteiger partial charge in [0.25, 0.3) is 0 Å². The zero-order valence-electron chi connectivity index (χ0n) is 11.4. The van der Waals surface area contributed by atoms with Crippen LogP contribution in [0.4, 0.5) is 0 Å². The van der Waals surface area contributed by atoms with Crippen LogP contribution in [0.3, 0.4) is 0 Å². The molecule has 1 rings (SSSR count). The highest BCUT2D eigenvalue weighted by molar-refractivity contribution is 7.90. The van der Waals surface area contributed by atoms with E-state index in [1.807, 2.05) is 6.92 Å². The first-order valence-electron chi connectivity index (χ1n) is 6.74. The molecule has 0 bridgehead atoms. The second kappa shape index (κ2) is 7.61. The summed E-state index contributed by atoms with van der Waals surface area (Å²) in [7, 11) is -2.87. The Kier molecular flexibility index (Phi) is 6.46. The Labute approximate surface area is 110 Å². The van der Waals surface area contributed by atoms with Crippen molar-refractivity contribution in [1.82, 2.24) is 10.6 Å². The van der Waals surface area contributed by atoms with Gasteiger partial charge in [-0.15, -0.1) is 0 Å². The van der Waals surface area contributed by atoms with Crippen molar-refractivity contribution in [3.05, 3.63) is 0 Å². The summed E-state index contributed by atoms with van der Waals surface area (Å²) < 4.78 is 22.0. The number of nitrogens with zero attached hydrogens (tertiary/aromatic N) is 1. The maximum Gasteiger partial charge on any atom is 0.191 e. The lowest BCUT2D eigenvalue weighted by Gasteiger charge is -2.16. The maximum absolute atomic E-state index is 11.0. The average molecular weight is 275 g/mol. The van der Waals surface area contributed by atoms with Crippen LogP contribution in [-0.4, -0.2) is 45.5 Å². The lowest BCUT2D eigenvalue weighted by molar-refractivity contribution is 0.598. The fraction of sp³-hybridized carbons (Fsp3) is 0.917. The Hall–Kier alpha value is -0.780. The van der Waals surface area contributed by atoms with Crippen LogP contribution in [0.1, 0.15) is 39.0 Å². The summed E-state index contributed by atoms with van der Waals surface area (Å²) in [6, 6.07) is 0.526. The first-order valence-corrected chi connectivity index (χ1v) is 8.80. The molecule has 6 heteroatoms. The minimum Gasteiger partial charge on any atom is -0.357 e. The van der Waals surface area contributed by atoms with Crippen molar-refractivity contribution in [2.24, 2.45) is 4.99 Å². The highest BCUT2D eigenvalue weighted by Crippen LogP contribution is 2.17. The summed E-state index contributed by atoms with van der Waals surface area (Å²) >= 11 is 0. The summed E-state index contributed by atoms with van der Waals surface area (Å²) in [4.78, 5) is 4.41. The molecule has 0 spiro atoms. The Morgan fingerprint density at radius 3 is 2.56 bits per heavy atom. The molecule has 1 fully saturated rings. The molecular formula is C12H25N3O2S. The number of nitrogens with one attached hydrogen (secondary N) is 2. The van der Waals surface area contributed by atoms with Gasteiger partial charge in [-0.3, -0.25) is 4.99 Å². The molecule has 0 aromatic rings. The summed E-state index contributed by atoms with van der Waals surface area (Å²) in [5.41, 5.74) is 0. The van der Waals surface area contributed by atoms with E-state index in [-0.39, 0.29) is 5.75 Å². The van der Waals surface area contributed by atoms with E-state index in [1.54, 1.807) is 0 Å². The summed E-state index contributed by atoms with van der Waals surface area (Å²) in [6.45, 7) is 3.40. The zero-order valence-corrected chi connectivity index (χ0v) is 12.2. The van der Waals surface area contributed by atoms with Crippen molar-refractivity contribution in [3.8, 4) is 0 Å². The second-order valence-corrected chi connectivity index (χ2v) is 7.13. The molecule has 1 aliphatic rings. The van der Waals surface area contributed by atoms with Gasteiger partial charge in [0.05, 0.1) is 5.75 Å². The number of aliphatic imine (C=N–C) groups is 1. The lowest BCUT2D eigenvalue weighted by atomic mass is 10.2. The maximum atomic E-state index is 11.0. The summed E-state index contributed by atoms with van der Waals surface area (Å²) in [5, 5.41) is 6.60. The van der Waals surface area contributed by atoms with Gasteiger partial charge < -0.3 is 10.6 Å². The quantitative estimate of drug-likeness (QED) is 0.429. The summed E-state index contributed by atoms with van der Waals surface area (Å²) in [6.07, 6.45) is 6.82. The van der Waals surface area contributed by atoms with Crippen molar-refractivity contribution in [2.75, 3.05) is 25.1 Å². The van der Waals surface area contributed by atoms with Gasteiger partial charge in [0.2, 0.25) is 0 Å². The SMILES string of the molecule is CCNC(=NCCCS(C)(=O)=O)NC1CCCC1. The minimum atomic E-state index is -2.87. The van der Waals surface area contributed by atoms with Crippen LogP contribution >= 0.6 is 0 Å². The first kappa shape index (κ1) is 15.3. The fourth-order valence-corrected chi connectivity index (χ4v) is 2.75. The average Bonchev–Trinajstić information content (AvgIpc) is 2.76. The molecule has 0 saturated heterocycles. The molecule has 2 N–H and O–H groups in total. The number of hydrogen-bond acceptors (Lipinski definition) is 3. The van der Waals surface area contributed by atoms with Gasteiger partial charge in [-0.25, -0.2) is 8.42 Å². The van der Waals surface area contributed by atoms with Crippen LogP contribution in [0, 0.1) is 0 Å². The molecule has 5 nitrogen and oxygen atoms in total. The van der Waals surface area contributed by atoms with E-state index < -0.39 is 9.84 Å². The van der Waals surface area contributed by atoms with Gasteiger partial charge in [-0.2, -0.15) is 0 Å². The molecule has 0 atom stereocenters. The standard InChI is InChI=1S/C12H25N3O2S/c1-3-13-12(15-11-7-4-5-8-11)14-9-6-10-18(2,16)17/h11H,3-10H2,1-2H3,(H2,13,14,15). The molecular weight excluding hydrogens is 250 g/mol. The Bertz CT molecular complexity index is 360. The molecule has 1 saturated carbocycles. The Morgan fingerprint density at radius 1 is 1.33 bits per heavy atom. The molecule has 0 heterocycles. The van der Waals surface area contributed by atoms with E-state index in [9.17, 15) is 8.42 Å². The second-order valence-electron chi connectivity index (χ2n) is 4.87. The van der Waals surface area contributed by atoms with Gasteiger partial charge in [-0.1, -0.05) is 12.8 Å². The van der Waals surface area contributed by atoms with E-state index >= 15 is 0 Å². The van der Waals surface area contributed by atoms with Crippen molar-refractivity contribution in [1.29, 1.82) is 0 Å². The van der Waals surface area contributed by atoms with E-state index in [2.05, 4.69) is 15.6 Å². The smallest absolute Gasteiger partial charge is 0.191 e. The third kappa shape index (κ3) is 6.83. The molecule has 0 aromatic carbocycles. The zero-order chi connectivity index (χ0) is 13.4. The van der Waals surface area contributed by atoms with Crippen LogP contribution in [0.5, 0.6) is 0 Å². The predicted octanol–water partition coefficient (Wildman–Crippen LogP) is 0.919. The molecule has 0 amide bonds. The molecule has 0 radical (unpaired) electrons. The van der Waals surface area contributed by atoms with Crippen LogP contribution in [0.2, 0.25) is 0 Å². The monoisotopic (exact) mass is 275 g/mol. The number of sulfone groups is 1. The predicted molar refractivity (Wildman–Crippen MR) is 75.7 cm³/mol. The highest BCUT2D eigenvalue weighted by Gasteiger charge is 2.15. The third-order valence-electron chi connectivity index (χ3n) is 2.98. The van der Waals surface area contributed by atoms with Gasteiger partial charge in [0, 0.05) is 25.4 Å². The number of guanidine groups is 1. The lowest BCUT2D eigenvalue weighted by Crippen LogP contribution is -2.42. The largest absolute Gasteiger partial charge is 0.357 e. The van der Waals surface area contributed by atoms with Crippen molar-refractivity contribution in [2.45, 2.75) is 45.1 Å². The molecule has 18 heavy (non-hydrogen) atoms. The molecule has 0 aliphatic heterocycles. The number of hydrogen-bond donors (Lipinski definition) is 2. The van der Waals surface area contributed by atoms with Crippen molar-refractivity contribution < 1.29 is 8.42 Å². The highest BCUT2D eigenvalue weighted by atomic mass is 32.2. The Balaban J connectivity index is 2.34. The van der Waals surface area contributed by atoms with Gasteiger partial charge in [-0.05, 0) is 26.2 Å². The van der Waals surface area contributed by atoms with Crippen molar-refractivity contribution >= 4 is 15.8 Å². The number of rotatable bonds is 6. The van der Waals surface area contributed by atoms with E-state index in [0.717, 1.165) is 12.5 Å². The third-order valence-corrected chi connectivity index (χ3v) is 4.01. The van der Waals surface area contributed by atoms with E-state index in [1.165, 1.54) is 31.9 Å². The van der Waals surface area contributed by atoms with Crippen LogP contribution in [-0.2, 0) is 9.84 Å². The van der Waals surface area contributed by atoms with Crippen LogP contribution in [0.15, 0.2) is 4.99 Å². The van der Waals surface area contributed by atoms with Crippen molar-refractivity contribution in [3.63, 3.8) is 0 Å². The minimum absolute atomic E-state index is 0.208. The molecule has 0 unspecified atom stereocenters. The molecule has 106 valence electrons. The van der Waals surface area contributed by atoms with Crippen LogP contribution in [0.25, 0.3) is 0 Å². The van der Waals surface area contributed by atoms with E-state index in [0.29, 0.717) is 19.0 Å². The molecule has 0 aromatic heterocycles. The topological polar surface area (TPSA) is 70.6 Å². The Morgan fingerprint density at radius 2 is 2.00 bits per heavy atom. The van der Waals surface area contributed by atoms with Gasteiger partial charge in [0.1, 0.15) is 9.84 Å². The van der Waals surface area contributed by atoms with Crippen LogP contribution < -0.4 is 10.6 Å². The van der Waals surface area contributed by atoms with Gasteiger partial charge >= 0.3 is 0 Å². The summed E-state index contributed by atoms with van der Waals surface area (Å²) in [5.74, 6) is 1.03. The first-order chi connectivity index (χ1) is 8.51. The fourth-order valence-electron chi connectivity index (χ4n) is 2.10. The van der Waals surface area contributed by atoms with Gasteiger partial charge in [0.15, 0.2) is 5.96 Å². The van der Waals surface area contributed by atoms with E-state index in [4.69, 9.17) is 0 Å². The normalized spacial score (nSPS) is 18.0.